The Morgan fingerprint density at radius 2 is 1.91 bits per heavy atom. The zero-order valence-electron chi connectivity index (χ0n) is 11.9. The van der Waals surface area contributed by atoms with E-state index in [9.17, 15) is 10.2 Å². The fourth-order valence-corrected chi connectivity index (χ4v) is 2.49. The number of ether oxygens (including phenoxy) is 1. The van der Waals surface area contributed by atoms with Crippen LogP contribution in [0.3, 0.4) is 0 Å². The van der Waals surface area contributed by atoms with E-state index >= 15 is 0 Å². The van der Waals surface area contributed by atoms with Crippen LogP contribution in [0.25, 0.3) is 22.2 Å². The standard InChI is InChI=1S/C17H13N3O3/c21-11-2-4-13(15(22)7-11)17-16(9-19-20-17)23-12-3-1-10-5-6-18-14(10)8-12/h1-9,18,21-22H,(H,19,20). The van der Waals surface area contributed by atoms with Crippen LogP contribution >= 0.6 is 0 Å². The number of nitrogens with zero attached hydrogens (tertiary/aromatic N) is 1. The summed E-state index contributed by atoms with van der Waals surface area (Å²) in [5.41, 5.74) is 1.91. The average molecular weight is 307 g/mol. The van der Waals surface area contributed by atoms with Crippen LogP contribution < -0.4 is 4.74 Å². The number of aromatic amines is 2. The van der Waals surface area contributed by atoms with Gasteiger partial charge in [0.25, 0.3) is 0 Å². The molecule has 6 nitrogen and oxygen atoms in total. The van der Waals surface area contributed by atoms with Crippen molar-refractivity contribution in [1.29, 1.82) is 0 Å². The van der Waals surface area contributed by atoms with E-state index in [-0.39, 0.29) is 11.5 Å². The molecular weight excluding hydrogens is 294 g/mol. The number of benzene rings is 2. The predicted molar refractivity (Wildman–Crippen MR) is 85.7 cm³/mol. The summed E-state index contributed by atoms with van der Waals surface area (Å²) in [4.78, 5) is 3.13. The Balaban J connectivity index is 1.71. The lowest BCUT2D eigenvalue weighted by Crippen LogP contribution is -1.87. The lowest BCUT2D eigenvalue weighted by atomic mass is 10.1. The molecule has 0 aliphatic rings. The van der Waals surface area contributed by atoms with Gasteiger partial charge in [-0.2, -0.15) is 5.10 Å². The molecule has 0 saturated heterocycles. The monoisotopic (exact) mass is 307 g/mol. The number of phenols is 2. The second-order valence-corrected chi connectivity index (χ2v) is 5.13. The first-order chi connectivity index (χ1) is 11.2. The molecule has 0 radical (unpaired) electrons. The predicted octanol–water partition coefficient (Wildman–Crippen LogP) is 3.76. The molecule has 4 N–H and O–H groups in total. The molecule has 2 aromatic heterocycles. The van der Waals surface area contributed by atoms with Crippen molar-refractivity contribution in [2.75, 3.05) is 0 Å². The summed E-state index contributed by atoms with van der Waals surface area (Å²) in [5.74, 6) is 1.06. The van der Waals surface area contributed by atoms with E-state index in [2.05, 4.69) is 15.2 Å². The number of nitrogens with one attached hydrogen (secondary N) is 2. The Morgan fingerprint density at radius 3 is 2.78 bits per heavy atom. The minimum atomic E-state index is -0.0678. The van der Waals surface area contributed by atoms with E-state index < -0.39 is 0 Å². The zero-order chi connectivity index (χ0) is 15.8. The molecule has 2 aromatic carbocycles. The molecule has 0 saturated carbocycles. The van der Waals surface area contributed by atoms with Gasteiger partial charge in [-0.15, -0.1) is 0 Å². The summed E-state index contributed by atoms with van der Waals surface area (Å²) < 4.78 is 5.88. The summed E-state index contributed by atoms with van der Waals surface area (Å²) >= 11 is 0. The summed E-state index contributed by atoms with van der Waals surface area (Å²) in [6.07, 6.45) is 3.48. The highest BCUT2D eigenvalue weighted by atomic mass is 16.5. The number of hydrogen-bond acceptors (Lipinski definition) is 4. The average Bonchev–Trinajstić information content (AvgIpc) is 3.16. The third-order valence-electron chi connectivity index (χ3n) is 3.60. The largest absolute Gasteiger partial charge is 0.508 e. The smallest absolute Gasteiger partial charge is 0.173 e. The Hall–Kier alpha value is -3.41. The third kappa shape index (κ3) is 2.36. The molecule has 0 atom stereocenters. The topological polar surface area (TPSA) is 94.2 Å². The molecule has 0 fully saturated rings. The quantitative estimate of drug-likeness (QED) is 0.463. The van der Waals surface area contributed by atoms with Crippen molar-refractivity contribution in [3.8, 4) is 34.3 Å². The van der Waals surface area contributed by atoms with E-state index in [1.54, 1.807) is 12.3 Å². The first kappa shape index (κ1) is 13.3. The number of phenolic OH excluding ortho intramolecular Hbond substituents is 2. The number of H-pyrrole nitrogens is 2. The van der Waals surface area contributed by atoms with Crippen LogP contribution in [0.15, 0.2) is 54.9 Å². The van der Waals surface area contributed by atoms with Gasteiger partial charge in [0.2, 0.25) is 0 Å². The maximum atomic E-state index is 9.99. The molecule has 4 rings (SSSR count). The maximum Gasteiger partial charge on any atom is 0.173 e. The van der Waals surface area contributed by atoms with Crippen LogP contribution in [0.5, 0.6) is 23.0 Å². The van der Waals surface area contributed by atoms with Gasteiger partial charge in [0.15, 0.2) is 5.75 Å². The van der Waals surface area contributed by atoms with Gasteiger partial charge < -0.3 is 19.9 Å². The van der Waals surface area contributed by atoms with Gasteiger partial charge in [-0.3, -0.25) is 5.10 Å². The van der Waals surface area contributed by atoms with Crippen molar-refractivity contribution in [1.82, 2.24) is 15.2 Å². The Labute approximate surface area is 131 Å². The van der Waals surface area contributed by atoms with Crippen molar-refractivity contribution in [3.63, 3.8) is 0 Å². The van der Waals surface area contributed by atoms with Gasteiger partial charge in [0, 0.05) is 29.4 Å². The second-order valence-electron chi connectivity index (χ2n) is 5.13. The van der Waals surface area contributed by atoms with Crippen LogP contribution in [0, 0.1) is 0 Å². The molecule has 2 heterocycles. The van der Waals surface area contributed by atoms with Crippen LogP contribution in [0.1, 0.15) is 0 Å². The SMILES string of the molecule is Oc1ccc(-c2n[nH]cc2Oc2ccc3cc[nH]c3c2)c(O)c1. The van der Waals surface area contributed by atoms with Crippen molar-refractivity contribution >= 4 is 10.9 Å². The molecule has 114 valence electrons. The Morgan fingerprint density at radius 1 is 1.00 bits per heavy atom. The van der Waals surface area contributed by atoms with Gasteiger partial charge in [-0.25, -0.2) is 0 Å². The van der Waals surface area contributed by atoms with Crippen LogP contribution in [-0.4, -0.2) is 25.4 Å². The first-order valence-electron chi connectivity index (χ1n) is 7.02. The summed E-state index contributed by atoms with van der Waals surface area (Å²) in [6.45, 7) is 0. The molecule has 0 amide bonds. The normalized spacial score (nSPS) is 11.0. The maximum absolute atomic E-state index is 9.99. The molecule has 0 aliphatic heterocycles. The van der Waals surface area contributed by atoms with E-state index in [4.69, 9.17) is 4.74 Å². The number of fused-ring (bicyclic) bond motifs is 1. The molecule has 6 heteroatoms. The van der Waals surface area contributed by atoms with Gasteiger partial charge in [-0.1, -0.05) is 0 Å². The molecule has 4 aromatic rings. The Kier molecular flexibility index (Phi) is 2.94. The molecule has 0 unspecified atom stereocenters. The van der Waals surface area contributed by atoms with Crippen molar-refractivity contribution in [2.24, 2.45) is 0 Å². The number of aromatic hydroxyl groups is 2. The van der Waals surface area contributed by atoms with Crippen LogP contribution in [0.2, 0.25) is 0 Å². The number of rotatable bonds is 3. The molecule has 0 spiro atoms. The second kappa shape index (κ2) is 5.10. The Bertz CT molecular complexity index is 988. The summed E-state index contributed by atoms with van der Waals surface area (Å²) in [5, 5.41) is 27.3. The van der Waals surface area contributed by atoms with Crippen molar-refractivity contribution in [3.05, 3.63) is 54.9 Å². The van der Waals surface area contributed by atoms with Crippen molar-refractivity contribution in [2.45, 2.75) is 0 Å². The van der Waals surface area contributed by atoms with Gasteiger partial charge >= 0.3 is 0 Å². The number of aromatic nitrogens is 3. The fraction of sp³-hybridized carbons (Fsp3) is 0. The number of hydrogen-bond donors (Lipinski definition) is 4. The van der Waals surface area contributed by atoms with E-state index in [0.29, 0.717) is 22.8 Å². The van der Waals surface area contributed by atoms with Crippen LogP contribution in [0.4, 0.5) is 0 Å². The summed E-state index contributed by atoms with van der Waals surface area (Å²) in [6, 6.07) is 12.0. The van der Waals surface area contributed by atoms with Gasteiger partial charge in [-0.05, 0) is 35.7 Å². The van der Waals surface area contributed by atoms with E-state index in [1.165, 1.54) is 12.1 Å². The zero-order valence-corrected chi connectivity index (χ0v) is 11.9. The molecule has 23 heavy (non-hydrogen) atoms. The lowest BCUT2D eigenvalue weighted by Gasteiger charge is -2.07. The van der Waals surface area contributed by atoms with Crippen LogP contribution in [-0.2, 0) is 0 Å². The molecule has 0 aliphatic carbocycles. The summed E-state index contributed by atoms with van der Waals surface area (Å²) in [7, 11) is 0. The van der Waals surface area contributed by atoms with E-state index in [1.807, 2.05) is 30.5 Å². The third-order valence-corrected chi connectivity index (χ3v) is 3.60. The minimum absolute atomic E-state index is 0.0125. The fourth-order valence-electron chi connectivity index (χ4n) is 2.49. The van der Waals surface area contributed by atoms with Gasteiger partial charge in [0.05, 0.1) is 6.20 Å². The van der Waals surface area contributed by atoms with Gasteiger partial charge in [0.1, 0.15) is 22.9 Å². The van der Waals surface area contributed by atoms with Crippen molar-refractivity contribution < 1.29 is 14.9 Å². The molecular formula is C17H13N3O3. The first-order valence-corrected chi connectivity index (χ1v) is 7.02. The minimum Gasteiger partial charge on any atom is -0.508 e. The highest BCUT2D eigenvalue weighted by molar-refractivity contribution is 5.81. The highest BCUT2D eigenvalue weighted by Gasteiger charge is 2.15. The molecule has 0 bridgehead atoms. The van der Waals surface area contributed by atoms with E-state index in [0.717, 1.165) is 10.9 Å². The lowest BCUT2D eigenvalue weighted by molar-refractivity contribution is 0.450. The highest BCUT2D eigenvalue weighted by Crippen LogP contribution is 2.37.